The lowest BCUT2D eigenvalue weighted by Gasteiger charge is -2.21. The molecule has 0 saturated heterocycles. The zero-order valence-electron chi connectivity index (χ0n) is 8.33. The molecule has 0 radical (unpaired) electrons. The second kappa shape index (κ2) is 3.25. The molecule has 0 aromatic carbocycles. The highest BCUT2D eigenvalue weighted by atomic mass is 15.3. The smallest absolute Gasteiger partial charge is 0.138 e. The molecule has 1 heterocycles. The molecular weight excluding hydrogens is 150 g/mol. The lowest BCUT2D eigenvalue weighted by molar-refractivity contribution is 0.446. The Hall–Kier alpha value is -0.860. The predicted molar refractivity (Wildman–Crippen MR) is 49.0 cm³/mol. The van der Waals surface area contributed by atoms with Crippen molar-refractivity contribution in [3.05, 3.63) is 12.2 Å². The van der Waals surface area contributed by atoms with Crippen LogP contribution < -0.4 is 0 Å². The first kappa shape index (κ1) is 9.23. The quantitative estimate of drug-likeness (QED) is 0.689. The number of rotatable bonds is 3. The molecule has 0 aliphatic rings. The molecule has 1 aromatic rings. The van der Waals surface area contributed by atoms with Crippen LogP contribution in [0.1, 0.15) is 39.9 Å². The van der Waals surface area contributed by atoms with Crippen molar-refractivity contribution in [2.75, 3.05) is 0 Å². The van der Waals surface area contributed by atoms with E-state index in [-0.39, 0.29) is 5.41 Å². The lowest BCUT2D eigenvalue weighted by Crippen LogP contribution is -2.21. The summed E-state index contributed by atoms with van der Waals surface area (Å²) in [4.78, 5) is 0. The van der Waals surface area contributed by atoms with Crippen molar-refractivity contribution in [2.24, 2.45) is 0 Å². The summed E-state index contributed by atoms with van der Waals surface area (Å²) in [5.41, 5.74) is 0.145. The van der Waals surface area contributed by atoms with E-state index in [4.69, 9.17) is 0 Å². The minimum absolute atomic E-state index is 0.145. The summed E-state index contributed by atoms with van der Waals surface area (Å²) in [7, 11) is 0. The maximum Gasteiger partial charge on any atom is 0.138 e. The third kappa shape index (κ3) is 1.49. The standard InChI is InChI=1S/C9H17N3/c1-5-9(3,4)8-11-10-7-12(8)6-2/h7H,5-6H2,1-4H3. The van der Waals surface area contributed by atoms with Gasteiger partial charge < -0.3 is 4.57 Å². The topological polar surface area (TPSA) is 30.7 Å². The van der Waals surface area contributed by atoms with Crippen molar-refractivity contribution in [2.45, 2.75) is 46.1 Å². The van der Waals surface area contributed by atoms with E-state index in [1.54, 1.807) is 6.33 Å². The Morgan fingerprint density at radius 2 is 2.08 bits per heavy atom. The molecule has 0 bridgehead atoms. The van der Waals surface area contributed by atoms with Gasteiger partial charge in [-0.1, -0.05) is 20.8 Å². The summed E-state index contributed by atoms with van der Waals surface area (Å²) in [6.45, 7) is 9.63. The molecule has 0 spiro atoms. The molecule has 68 valence electrons. The molecule has 0 aliphatic heterocycles. The molecule has 0 atom stereocenters. The van der Waals surface area contributed by atoms with Crippen molar-refractivity contribution in [3.8, 4) is 0 Å². The Labute approximate surface area is 73.8 Å². The van der Waals surface area contributed by atoms with Gasteiger partial charge in [-0.05, 0) is 13.3 Å². The van der Waals surface area contributed by atoms with Gasteiger partial charge >= 0.3 is 0 Å². The average molecular weight is 167 g/mol. The van der Waals surface area contributed by atoms with E-state index in [2.05, 4.69) is 42.5 Å². The Morgan fingerprint density at radius 1 is 1.42 bits per heavy atom. The minimum atomic E-state index is 0.145. The lowest BCUT2D eigenvalue weighted by atomic mass is 9.89. The van der Waals surface area contributed by atoms with Gasteiger partial charge in [0, 0.05) is 12.0 Å². The fraction of sp³-hybridized carbons (Fsp3) is 0.778. The van der Waals surface area contributed by atoms with Crippen molar-refractivity contribution < 1.29 is 0 Å². The summed E-state index contributed by atoms with van der Waals surface area (Å²) in [6.07, 6.45) is 2.89. The predicted octanol–water partition coefficient (Wildman–Crippen LogP) is 1.99. The fourth-order valence-corrected chi connectivity index (χ4v) is 1.17. The van der Waals surface area contributed by atoms with E-state index < -0.39 is 0 Å². The molecule has 1 rings (SSSR count). The number of hydrogen-bond donors (Lipinski definition) is 0. The summed E-state index contributed by atoms with van der Waals surface area (Å²) < 4.78 is 2.10. The van der Waals surface area contributed by atoms with Crippen molar-refractivity contribution in [1.82, 2.24) is 14.8 Å². The van der Waals surface area contributed by atoms with Gasteiger partial charge in [0.1, 0.15) is 12.2 Å². The molecule has 0 aliphatic carbocycles. The highest BCUT2D eigenvalue weighted by Crippen LogP contribution is 2.24. The van der Waals surface area contributed by atoms with Gasteiger partial charge in [0.25, 0.3) is 0 Å². The van der Waals surface area contributed by atoms with E-state index in [1.165, 1.54) is 0 Å². The SMILES string of the molecule is CCn1cnnc1C(C)(C)CC. The second-order valence-corrected chi connectivity index (χ2v) is 3.68. The van der Waals surface area contributed by atoms with Crippen molar-refractivity contribution >= 4 is 0 Å². The van der Waals surface area contributed by atoms with E-state index in [9.17, 15) is 0 Å². The van der Waals surface area contributed by atoms with E-state index in [0.29, 0.717) is 0 Å². The van der Waals surface area contributed by atoms with Gasteiger partial charge in [0.15, 0.2) is 0 Å². The maximum absolute atomic E-state index is 4.14. The highest BCUT2D eigenvalue weighted by molar-refractivity contribution is 5.02. The first-order chi connectivity index (χ1) is 5.61. The maximum atomic E-state index is 4.14. The van der Waals surface area contributed by atoms with Gasteiger partial charge in [-0.3, -0.25) is 0 Å². The summed E-state index contributed by atoms with van der Waals surface area (Å²) in [5, 5.41) is 8.06. The molecule has 0 saturated carbocycles. The molecule has 0 N–H and O–H groups in total. The number of aromatic nitrogens is 3. The molecule has 3 heteroatoms. The van der Waals surface area contributed by atoms with Gasteiger partial charge in [0.2, 0.25) is 0 Å². The van der Waals surface area contributed by atoms with E-state index >= 15 is 0 Å². The van der Waals surface area contributed by atoms with Crippen molar-refractivity contribution in [3.63, 3.8) is 0 Å². The largest absolute Gasteiger partial charge is 0.317 e. The molecule has 0 unspecified atom stereocenters. The van der Waals surface area contributed by atoms with Crippen LogP contribution in [0.5, 0.6) is 0 Å². The first-order valence-electron chi connectivity index (χ1n) is 4.50. The summed E-state index contributed by atoms with van der Waals surface area (Å²) in [6, 6.07) is 0. The van der Waals surface area contributed by atoms with E-state index in [1.807, 2.05) is 0 Å². The zero-order chi connectivity index (χ0) is 9.19. The molecule has 0 fully saturated rings. The van der Waals surface area contributed by atoms with Gasteiger partial charge in [0.05, 0.1) is 0 Å². The number of hydrogen-bond acceptors (Lipinski definition) is 2. The van der Waals surface area contributed by atoms with Gasteiger partial charge in [-0.25, -0.2) is 0 Å². The van der Waals surface area contributed by atoms with Crippen LogP contribution in [0, 0.1) is 0 Å². The first-order valence-corrected chi connectivity index (χ1v) is 4.50. The third-order valence-corrected chi connectivity index (χ3v) is 2.45. The minimum Gasteiger partial charge on any atom is -0.317 e. The average Bonchev–Trinajstić information content (AvgIpc) is 2.52. The molecule has 3 nitrogen and oxygen atoms in total. The van der Waals surface area contributed by atoms with Crippen LogP contribution in [0.2, 0.25) is 0 Å². The molecule has 1 aromatic heterocycles. The fourth-order valence-electron chi connectivity index (χ4n) is 1.17. The van der Waals surface area contributed by atoms with Crippen LogP contribution >= 0.6 is 0 Å². The summed E-state index contributed by atoms with van der Waals surface area (Å²) in [5.74, 6) is 1.09. The van der Waals surface area contributed by atoms with Gasteiger partial charge in [-0.2, -0.15) is 0 Å². The second-order valence-electron chi connectivity index (χ2n) is 3.68. The summed E-state index contributed by atoms with van der Waals surface area (Å²) >= 11 is 0. The van der Waals surface area contributed by atoms with Crippen LogP contribution in [-0.2, 0) is 12.0 Å². The van der Waals surface area contributed by atoms with Crippen LogP contribution in [0.15, 0.2) is 6.33 Å². The van der Waals surface area contributed by atoms with Crippen LogP contribution in [0.3, 0.4) is 0 Å². The Kier molecular flexibility index (Phi) is 2.50. The van der Waals surface area contributed by atoms with Crippen LogP contribution in [-0.4, -0.2) is 14.8 Å². The third-order valence-electron chi connectivity index (χ3n) is 2.45. The van der Waals surface area contributed by atoms with Crippen LogP contribution in [0.4, 0.5) is 0 Å². The van der Waals surface area contributed by atoms with E-state index in [0.717, 1.165) is 18.8 Å². The van der Waals surface area contributed by atoms with Gasteiger partial charge in [-0.15, -0.1) is 10.2 Å². The van der Waals surface area contributed by atoms with Crippen molar-refractivity contribution in [1.29, 1.82) is 0 Å². The highest BCUT2D eigenvalue weighted by Gasteiger charge is 2.23. The molecular formula is C9H17N3. The zero-order valence-corrected chi connectivity index (χ0v) is 8.33. The number of nitrogens with zero attached hydrogens (tertiary/aromatic N) is 3. The van der Waals surface area contributed by atoms with Crippen LogP contribution in [0.25, 0.3) is 0 Å². The molecule has 0 amide bonds. The number of aryl methyl sites for hydroxylation is 1. The monoisotopic (exact) mass is 167 g/mol. The Bertz CT molecular complexity index is 250. The normalized spacial score (nSPS) is 12.0. The molecule has 12 heavy (non-hydrogen) atoms. The Balaban J connectivity index is 3.00. The Morgan fingerprint density at radius 3 is 2.58 bits per heavy atom.